The number of nitrogens with zero attached hydrogens (tertiary/aromatic N) is 2. The molecule has 2 N–H and O–H groups in total. The topological polar surface area (TPSA) is 70.2 Å². The Labute approximate surface area is 171 Å². The van der Waals surface area contributed by atoms with E-state index in [2.05, 4.69) is 24.9 Å². The highest BCUT2D eigenvalue weighted by atomic mass is 19.4. The lowest BCUT2D eigenvalue weighted by Crippen LogP contribution is -2.40. The molecule has 158 valence electrons. The first-order valence-corrected chi connectivity index (χ1v) is 9.68. The molecule has 0 saturated carbocycles. The van der Waals surface area contributed by atoms with Crippen LogP contribution in [-0.4, -0.2) is 46.8 Å². The minimum absolute atomic E-state index is 0.206. The summed E-state index contributed by atoms with van der Waals surface area (Å²) in [6.45, 7) is 1.73. The van der Waals surface area contributed by atoms with Crippen molar-refractivity contribution >= 4 is 22.6 Å². The third kappa shape index (κ3) is 5.10. The number of fused-ring (bicyclic) bond motifs is 1. The van der Waals surface area contributed by atoms with Crippen LogP contribution in [0.25, 0.3) is 11.0 Å². The Bertz CT molecular complexity index is 984. The number of imidazole rings is 1. The number of halogens is 3. The van der Waals surface area contributed by atoms with Gasteiger partial charge in [-0.1, -0.05) is 12.1 Å². The van der Waals surface area contributed by atoms with E-state index in [0.717, 1.165) is 36.2 Å². The summed E-state index contributed by atoms with van der Waals surface area (Å²) < 4.78 is 40.5. The molecule has 0 bridgehead atoms. The van der Waals surface area contributed by atoms with Crippen molar-refractivity contribution in [1.29, 1.82) is 0 Å². The van der Waals surface area contributed by atoms with E-state index in [1.165, 1.54) is 24.3 Å². The second kappa shape index (κ2) is 8.35. The number of hydrogen-bond donors (Lipinski definition) is 2. The third-order valence-electron chi connectivity index (χ3n) is 5.04. The summed E-state index contributed by atoms with van der Waals surface area (Å²) in [6, 6.07) is 13.0. The Hall–Kier alpha value is -3.07. The van der Waals surface area contributed by atoms with Crippen molar-refractivity contribution in [1.82, 2.24) is 14.9 Å². The quantitative estimate of drug-likeness (QED) is 0.649. The lowest BCUT2D eigenvalue weighted by Gasteiger charge is -2.31. The van der Waals surface area contributed by atoms with Crippen LogP contribution in [0, 0.1) is 0 Å². The highest BCUT2D eigenvalue weighted by molar-refractivity contribution is 5.92. The first-order valence-electron chi connectivity index (χ1n) is 9.68. The van der Waals surface area contributed by atoms with Gasteiger partial charge in [0.25, 0.3) is 0 Å². The average Bonchev–Trinajstić information content (AvgIpc) is 3.13. The Morgan fingerprint density at radius 1 is 1.20 bits per heavy atom. The molecule has 6 nitrogen and oxygen atoms in total. The molecule has 3 aromatic rings. The van der Waals surface area contributed by atoms with Crippen molar-refractivity contribution in [3.05, 3.63) is 54.4 Å². The van der Waals surface area contributed by atoms with E-state index in [1.54, 1.807) is 0 Å². The van der Waals surface area contributed by atoms with Gasteiger partial charge in [0.1, 0.15) is 11.6 Å². The number of benzene rings is 2. The fourth-order valence-electron chi connectivity index (χ4n) is 3.73. The van der Waals surface area contributed by atoms with Crippen molar-refractivity contribution in [2.45, 2.75) is 25.1 Å². The van der Waals surface area contributed by atoms with Crippen LogP contribution < -0.4 is 10.1 Å². The number of ether oxygens (including phenoxy) is 1. The molecule has 1 unspecified atom stereocenters. The summed E-state index contributed by atoms with van der Waals surface area (Å²) in [5.41, 5.74) is 2.35. The summed E-state index contributed by atoms with van der Waals surface area (Å²) in [5.74, 6) is 0.606. The minimum Gasteiger partial charge on any atom is -0.406 e. The van der Waals surface area contributed by atoms with Crippen LogP contribution in [0.4, 0.5) is 18.9 Å². The van der Waals surface area contributed by atoms with E-state index in [1.807, 2.05) is 24.3 Å². The van der Waals surface area contributed by atoms with E-state index in [4.69, 9.17) is 0 Å². The number of aromatic amines is 1. The maximum Gasteiger partial charge on any atom is 0.573 e. The Kier molecular flexibility index (Phi) is 5.63. The summed E-state index contributed by atoms with van der Waals surface area (Å²) in [4.78, 5) is 22.5. The average molecular weight is 418 g/mol. The van der Waals surface area contributed by atoms with Crippen LogP contribution in [-0.2, 0) is 4.79 Å². The Morgan fingerprint density at radius 2 is 1.97 bits per heavy atom. The van der Waals surface area contributed by atoms with Gasteiger partial charge in [-0.2, -0.15) is 0 Å². The number of anilines is 1. The lowest BCUT2D eigenvalue weighted by atomic mass is 9.97. The van der Waals surface area contributed by atoms with Crippen molar-refractivity contribution in [3.8, 4) is 5.75 Å². The number of alkyl halides is 3. The number of carbonyl (C=O) groups is 1. The van der Waals surface area contributed by atoms with Crippen LogP contribution >= 0.6 is 0 Å². The predicted molar refractivity (Wildman–Crippen MR) is 106 cm³/mol. The third-order valence-corrected chi connectivity index (χ3v) is 5.04. The predicted octanol–water partition coefficient (Wildman–Crippen LogP) is 4.28. The van der Waals surface area contributed by atoms with Crippen molar-refractivity contribution < 1.29 is 22.7 Å². The van der Waals surface area contributed by atoms with Crippen molar-refractivity contribution in [2.24, 2.45) is 0 Å². The number of carbonyl (C=O) groups excluding carboxylic acids is 1. The van der Waals surface area contributed by atoms with Gasteiger partial charge in [-0.05, 0) is 55.8 Å². The monoisotopic (exact) mass is 418 g/mol. The standard InChI is InChI=1S/C21H21F3N4O2/c22-21(23,24)30-16-9-7-15(8-10-16)25-19(29)13-28-11-3-4-14(12-28)20-26-17-5-1-2-6-18(17)27-20/h1-2,5-10,14H,3-4,11-13H2,(H,25,29)(H,26,27). The molecule has 0 radical (unpaired) electrons. The van der Waals surface area contributed by atoms with Crippen LogP contribution in [0.5, 0.6) is 5.75 Å². The smallest absolute Gasteiger partial charge is 0.406 e. The molecule has 1 aromatic heterocycles. The molecular formula is C21H21F3N4O2. The van der Waals surface area contributed by atoms with E-state index < -0.39 is 6.36 Å². The summed E-state index contributed by atoms with van der Waals surface area (Å²) in [7, 11) is 0. The molecule has 4 rings (SSSR count). The SMILES string of the molecule is O=C(CN1CCCC(c2nc3ccccc3[nH]2)C1)Nc1ccc(OC(F)(F)F)cc1. The molecule has 0 aliphatic carbocycles. The molecule has 2 heterocycles. The molecule has 1 aliphatic rings. The molecule has 30 heavy (non-hydrogen) atoms. The maximum absolute atomic E-state index is 12.4. The normalized spacial score (nSPS) is 17.8. The van der Waals surface area contributed by atoms with E-state index in [0.29, 0.717) is 12.2 Å². The van der Waals surface area contributed by atoms with Crippen LogP contribution in [0.3, 0.4) is 0 Å². The number of rotatable bonds is 5. The number of H-pyrrole nitrogens is 1. The number of amides is 1. The molecule has 9 heteroatoms. The van der Waals surface area contributed by atoms with Gasteiger partial charge in [0, 0.05) is 18.2 Å². The summed E-state index contributed by atoms with van der Waals surface area (Å²) in [5, 5.41) is 2.71. The molecule has 1 fully saturated rings. The highest BCUT2D eigenvalue weighted by Crippen LogP contribution is 2.27. The largest absolute Gasteiger partial charge is 0.573 e. The van der Waals surface area contributed by atoms with Gasteiger partial charge < -0.3 is 15.0 Å². The molecular weight excluding hydrogens is 397 g/mol. The van der Waals surface area contributed by atoms with Crippen LogP contribution in [0.1, 0.15) is 24.6 Å². The van der Waals surface area contributed by atoms with Crippen molar-refractivity contribution in [2.75, 3.05) is 25.0 Å². The molecule has 1 atom stereocenters. The molecule has 0 spiro atoms. The zero-order valence-electron chi connectivity index (χ0n) is 16.1. The van der Waals surface area contributed by atoms with Gasteiger partial charge in [0.05, 0.1) is 17.6 Å². The fourth-order valence-corrected chi connectivity index (χ4v) is 3.73. The first-order chi connectivity index (χ1) is 14.4. The molecule has 1 aliphatic heterocycles. The second-order valence-corrected chi connectivity index (χ2v) is 7.33. The van der Waals surface area contributed by atoms with Crippen LogP contribution in [0.15, 0.2) is 48.5 Å². The summed E-state index contributed by atoms with van der Waals surface area (Å²) >= 11 is 0. The minimum atomic E-state index is -4.74. The van der Waals surface area contributed by atoms with Gasteiger partial charge in [0.15, 0.2) is 0 Å². The highest BCUT2D eigenvalue weighted by Gasteiger charge is 2.31. The molecule has 1 amide bonds. The van der Waals surface area contributed by atoms with E-state index >= 15 is 0 Å². The van der Waals surface area contributed by atoms with Crippen molar-refractivity contribution in [3.63, 3.8) is 0 Å². The number of nitrogens with one attached hydrogen (secondary N) is 2. The fraction of sp³-hybridized carbons (Fsp3) is 0.333. The summed E-state index contributed by atoms with van der Waals surface area (Å²) in [6.07, 6.45) is -2.79. The zero-order valence-corrected chi connectivity index (χ0v) is 16.1. The van der Waals surface area contributed by atoms with Gasteiger partial charge >= 0.3 is 6.36 Å². The van der Waals surface area contributed by atoms with E-state index in [-0.39, 0.29) is 24.1 Å². The van der Waals surface area contributed by atoms with Gasteiger partial charge in [-0.3, -0.25) is 9.69 Å². The van der Waals surface area contributed by atoms with Crippen LogP contribution in [0.2, 0.25) is 0 Å². The van der Waals surface area contributed by atoms with Gasteiger partial charge in [-0.15, -0.1) is 13.2 Å². The number of hydrogen-bond acceptors (Lipinski definition) is 4. The molecule has 1 saturated heterocycles. The Morgan fingerprint density at radius 3 is 2.70 bits per heavy atom. The number of aromatic nitrogens is 2. The van der Waals surface area contributed by atoms with E-state index in [9.17, 15) is 18.0 Å². The maximum atomic E-state index is 12.4. The van der Waals surface area contributed by atoms with Gasteiger partial charge in [-0.25, -0.2) is 4.98 Å². The van der Waals surface area contributed by atoms with Gasteiger partial charge in [0.2, 0.25) is 5.91 Å². The number of para-hydroxylation sites is 2. The number of piperidine rings is 1. The lowest BCUT2D eigenvalue weighted by molar-refractivity contribution is -0.274. The first kappa shape index (κ1) is 20.2. The number of likely N-dealkylation sites (tertiary alicyclic amines) is 1. The Balaban J connectivity index is 1.33. The molecule has 2 aromatic carbocycles. The second-order valence-electron chi connectivity index (χ2n) is 7.33. The zero-order chi connectivity index (χ0) is 21.1.